The Balaban J connectivity index is 1.48. The maximum absolute atomic E-state index is 12.8. The molecule has 31 heavy (non-hydrogen) atoms. The predicted molar refractivity (Wildman–Crippen MR) is 121 cm³/mol. The predicted octanol–water partition coefficient (Wildman–Crippen LogP) is 4.76. The number of carbonyl (C=O) groups is 2. The Morgan fingerprint density at radius 2 is 1.81 bits per heavy atom. The molecule has 0 aliphatic rings. The van der Waals surface area contributed by atoms with Gasteiger partial charge in [0.1, 0.15) is 11.3 Å². The minimum absolute atomic E-state index is 0.335. The molecule has 0 spiro atoms. The van der Waals surface area contributed by atoms with Crippen LogP contribution in [0.1, 0.15) is 21.5 Å². The van der Waals surface area contributed by atoms with Crippen molar-refractivity contribution in [1.82, 2.24) is 9.78 Å². The number of anilines is 1. The molecule has 0 radical (unpaired) electrons. The van der Waals surface area contributed by atoms with Crippen molar-refractivity contribution in [1.29, 1.82) is 0 Å². The van der Waals surface area contributed by atoms with Gasteiger partial charge in [-0.3, -0.25) is 9.48 Å². The van der Waals surface area contributed by atoms with Crippen molar-refractivity contribution in [3.63, 3.8) is 0 Å². The molecule has 0 saturated heterocycles. The standard InChI is InChI=1S/C24H21N3O3S/c1-17-8-5-6-11-20(17)25-22(28)16-30-24(29)19-15-27(14-18-9-3-2-4-10-18)26-23(19)21-12-7-13-31-21/h2-13,15H,14,16H2,1H3,(H,25,28). The Morgan fingerprint density at radius 3 is 2.55 bits per heavy atom. The molecular weight excluding hydrogens is 410 g/mol. The highest BCUT2D eigenvalue weighted by atomic mass is 32.1. The maximum atomic E-state index is 12.8. The lowest BCUT2D eigenvalue weighted by molar-refractivity contribution is -0.119. The van der Waals surface area contributed by atoms with Crippen molar-refractivity contribution in [2.45, 2.75) is 13.5 Å². The molecule has 6 nitrogen and oxygen atoms in total. The van der Waals surface area contributed by atoms with E-state index >= 15 is 0 Å². The van der Waals surface area contributed by atoms with Crippen molar-refractivity contribution in [2.24, 2.45) is 0 Å². The van der Waals surface area contributed by atoms with E-state index in [1.165, 1.54) is 11.3 Å². The van der Waals surface area contributed by atoms with Gasteiger partial charge >= 0.3 is 5.97 Å². The molecule has 0 unspecified atom stereocenters. The summed E-state index contributed by atoms with van der Waals surface area (Å²) in [4.78, 5) is 25.9. The Morgan fingerprint density at radius 1 is 1.03 bits per heavy atom. The Bertz CT molecular complexity index is 1180. The van der Waals surface area contributed by atoms with Crippen molar-refractivity contribution >= 4 is 28.9 Å². The smallest absolute Gasteiger partial charge is 0.342 e. The van der Waals surface area contributed by atoms with Gasteiger partial charge in [-0.15, -0.1) is 11.3 Å². The minimum Gasteiger partial charge on any atom is -0.452 e. The molecule has 4 rings (SSSR count). The van der Waals surface area contributed by atoms with Gasteiger partial charge in [-0.05, 0) is 35.6 Å². The number of aromatic nitrogens is 2. The van der Waals surface area contributed by atoms with E-state index in [0.717, 1.165) is 16.0 Å². The topological polar surface area (TPSA) is 73.2 Å². The van der Waals surface area contributed by atoms with Crippen LogP contribution in [0.15, 0.2) is 78.3 Å². The van der Waals surface area contributed by atoms with Gasteiger partial charge in [0, 0.05) is 11.9 Å². The maximum Gasteiger partial charge on any atom is 0.342 e. The number of nitrogens with zero attached hydrogens (tertiary/aromatic N) is 2. The molecule has 2 aromatic carbocycles. The number of esters is 1. The summed E-state index contributed by atoms with van der Waals surface area (Å²) in [6, 6.07) is 21.1. The van der Waals surface area contributed by atoms with E-state index in [4.69, 9.17) is 4.74 Å². The summed E-state index contributed by atoms with van der Waals surface area (Å²) in [5.41, 5.74) is 3.58. The lowest BCUT2D eigenvalue weighted by Gasteiger charge is -2.08. The van der Waals surface area contributed by atoms with Crippen LogP contribution < -0.4 is 5.32 Å². The third kappa shape index (κ3) is 5.07. The summed E-state index contributed by atoms with van der Waals surface area (Å²) in [6.07, 6.45) is 1.67. The summed E-state index contributed by atoms with van der Waals surface area (Å²) in [6.45, 7) is 2.05. The fourth-order valence-electron chi connectivity index (χ4n) is 3.13. The number of hydrogen-bond acceptors (Lipinski definition) is 5. The lowest BCUT2D eigenvalue weighted by Crippen LogP contribution is -2.21. The van der Waals surface area contributed by atoms with Crippen LogP contribution in [0.4, 0.5) is 5.69 Å². The largest absolute Gasteiger partial charge is 0.452 e. The van der Waals surface area contributed by atoms with E-state index in [1.54, 1.807) is 16.9 Å². The molecule has 0 atom stereocenters. The molecule has 2 heterocycles. The van der Waals surface area contributed by atoms with Gasteiger partial charge < -0.3 is 10.1 Å². The van der Waals surface area contributed by atoms with E-state index in [0.29, 0.717) is 23.5 Å². The number of thiophene rings is 1. The minimum atomic E-state index is -0.581. The first kappa shape index (κ1) is 20.6. The average molecular weight is 432 g/mol. The second kappa shape index (κ2) is 9.40. The first-order chi connectivity index (χ1) is 15.1. The molecule has 156 valence electrons. The number of benzene rings is 2. The van der Waals surface area contributed by atoms with Gasteiger partial charge in [-0.2, -0.15) is 5.10 Å². The van der Waals surface area contributed by atoms with E-state index in [9.17, 15) is 9.59 Å². The first-order valence-corrected chi connectivity index (χ1v) is 10.7. The molecular formula is C24H21N3O3S. The highest BCUT2D eigenvalue weighted by Crippen LogP contribution is 2.27. The SMILES string of the molecule is Cc1ccccc1NC(=O)COC(=O)c1cn(Cc2ccccc2)nc1-c1cccs1. The molecule has 1 N–H and O–H groups in total. The zero-order valence-corrected chi connectivity index (χ0v) is 17.8. The van der Waals surface area contributed by atoms with Gasteiger partial charge in [0.25, 0.3) is 5.91 Å². The van der Waals surface area contributed by atoms with E-state index < -0.39 is 11.9 Å². The summed E-state index contributed by atoms with van der Waals surface area (Å²) in [5.74, 6) is -0.973. The number of aryl methyl sites for hydroxylation is 1. The zero-order chi connectivity index (χ0) is 21.6. The molecule has 0 bridgehead atoms. The first-order valence-electron chi connectivity index (χ1n) is 9.78. The molecule has 2 aromatic heterocycles. The number of carbonyl (C=O) groups excluding carboxylic acids is 2. The van der Waals surface area contributed by atoms with Crippen LogP contribution in [0.25, 0.3) is 10.6 Å². The number of para-hydroxylation sites is 1. The zero-order valence-electron chi connectivity index (χ0n) is 16.9. The van der Waals surface area contributed by atoms with Crippen LogP contribution in [-0.2, 0) is 16.1 Å². The molecule has 0 aliphatic carbocycles. The Labute approximate surface area is 184 Å². The molecule has 1 amide bonds. The van der Waals surface area contributed by atoms with Crippen LogP contribution in [0.2, 0.25) is 0 Å². The molecule has 0 fully saturated rings. The third-order valence-electron chi connectivity index (χ3n) is 4.68. The highest BCUT2D eigenvalue weighted by molar-refractivity contribution is 7.13. The number of ether oxygens (including phenoxy) is 1. The molecule has 4 aromatic rings. The molecule has 0 saturated carbocycles. The van der Waals surface area contributed by atoms with Crippen LogP contribution in [-0.4, -0.2) is 28.3 Å². The second-order valence-electron chi connectivity index (χ2n) is 6.99. The van der Waals surface area contributed by atoms with Crippen molar-refractivity contribution in [3.05, 3.63) is 95.0 Å². The van der Waals surface area contributed by atoms with E-state index in [-0.39, 0.29) is 6.61 Å². The van der Waals surface area contributed by atoms with Gasteiger partial charge in [-0.25, -0.2) is 4.79 Å². The van der Waals surface area contributed by atoms with Gasteiger partial charge in [0.2, 0.25) is 0 Å². The normalized spacial score (nSPS) is 10.6. The summed E-state index contributed by atoms with van der Waals surface area (Å²) < 4.78 is 7.02. The number of rotatable bonds is 7. The highest BCUT2D eigenvalue weighted by Gasteiger charge is 2.21. The molecule has 0 aliphatic heterocycles. The van der Waals surface area contributed by atoms with Crippen LogP contribution in [0.3, 0.4) is 0 Å². The lowest BCUT2D eigenvalue weighted by atomic mass is 10.2. The number of hydrogen-bond donors (Lipinski definition) is 1. The van der Waals surface area contributed by atoms with E-state index in [1.807, 2.05) is 73.0 Å². The fraction of sp³-hybridized carbons (Fsp3) is 0.125. The number of nitrogens with one attached hydrogen (secondary N) is 1. The summed E-state index contributed by atoms with van der Waals surface area (Å²) >= 11 is 1.49. The number of amides is 1. The monoisotopic (exact) mass is 431 g/mol. The van der Waals surface area contributed by atoms with E-state index in [2.05, 4.69) is 10.4 Å². The van der Waals surface area contributed by atoms with Crippen molar-refractivity contribution < 1.29 is 14.3 Å². The van der Waals surface area contributed by atoms with Crippen LogP contribution >= 0.6 is 11.3 Å². The van der Waals surface area contributed by atoms with Crippen molar-refractivity contribution in [2.75, 3.05) is 11.9 Å². The third-order valence-corrected chi connectivity index (χ3v) is 5.55. The summed E-state index contributed by atoms with van der Waals surface area (Å²) in [5, 5.41) is 9.29. The quantitative estimate of drug-likeness (QED) is 0.428. The average Bonchev–Trinajstić information content (AvgIpc) is 3.44. The van der Waals surface area contributed by atoms with Crippen LogP contribution in [0, 0.1) is 6.92 Å². The fourth-order valence-corrected chi connectivity index (χ4v) is 3.85. The second-order valence-corrected chi connectivity index (χ2v) is 7.94. The Kier molecular flexibility index (Phi) is 6.24. The van der Waals surface area contributed by atoms with Crippen LogP contribution in [0.5, 0.6) is 0 Å². The molecule has 7 heteroatoms. The van der Waals surface area contributed by atoms with Gasteiger partial charge in [0.15, 0.2) is 6.61 Å². The van der Waals surface area contributed by atoms with Gasteiger partial charge in [-0.1, -0.05) is 54.6 Å². The van der Waals surface area contributed by atoms with Crippen molar-refractivity contribution in [3.8, 4) is 10.6 Å². The summed E-state index contributed by atoms with van der Waals surface area (Å²) in [7, 11) is 0. The van der Waals surface area contributed by atoms with Gasteiger partial charge in [0.05, 0.1) is 11.4 Å². The Hall–Kier alpha value is -3.71.